The monoisotopic (exact) mass is 403 g/mol. The van der Waals surface area contributed by atoms with E-state index in [1.54, 1.807) is 6.07 Å². The summed E-state index contributed by atoms with van der Waals surface area (Å²) in [7, 11) is 0. The van der Waals surface area contributed by atoms with Crippen molar-refractivity contribution in [2.45, 2.75) is 18.9 Å². The van der Waals surface area contributed by atoms with Gasteiger partial charge in [0.05, 0.1) is 22.6 Å². The van der Waals surface area contributed by atoms with Gasteiger partial charge in [0, 0.05) is 37.1 Å². The number of carbonyl (C=O) groups is 1. The standard InChI is InChI=1S/C22H25N7O/c23-9-12-28-10-7-15(8-11-28)29-19-6-5-14(21(24)30)13-16(19)20(27-29)22-25-17-3-1-2-4-18(17)26-22/h1-6,13,15H,7-12,23H2,(H2,24,30)(H,25,26). The average molecular weight is 403 g/mol. The van der Waals surface area contributed by atoms with E-state index in [4.69, 9.17) is 21.5 Å². The van der Waals surface area contributed by atoms with E-state index in [0.29, 0.717) is 24.0 Å². The third-order valence-electron chi connectivity index (χ3n) is 5.95. The lowest BCUT2D eigenvalue weighted by molar-refractivity contribution is 0.100. The molecule has 2 aromatic heterocycles. The highest BCUT2D eigenvalue weighted by molar-refractivity contribution is 6.01. The summed E-state index contributed by atoms with van der Waals surface area (Å²) in [5, 5.41) is 5.86. The molecule has 3 heterocycles. The first-order chi connectivity index (χ1) is 14.6. The van der Waals surface area contributed by atoms with E-state index in [0.717, 1.165) is 60.1 Å². The number of aromatic amines is 1. The summed E-state index contributed by atoms with van der Waals surface area (Å²) in [4.78, 5) is 22.3. The molecule has 1 aliphatic rings. The van der Waals surface area contributed by atoms with Crippen LogP contribution in [0.2, 0.25) is 0 Å². The maximum absolute atomic E-state index is 11.8. The first kappa shape index (κ1) is 18.8. The van der Waals surface area contributed by atoms with E-state index in [1.807, 2.05) is 36.4 Å². The van der Waals surface area contributed by atoms with Crippen molar-refractivity contribution in [2.24, 2.45) is 11.5 Å². The second-order valence-corrected chi connectivity index (χ2v) is 7.85. The van der Waals surface area contributed by atoms with Crippen LogP contribution in [0.4, 0.5) is 0 Å². The van der Waals surface area contributed by atoms with E-state index in [-0.39, 0.29) is 0 Å². The van der Waals surface area contributed by atoms with Gasteiger partial charge in [-0.25, -0.2) is 4.98 Å². The molecule has 8 nitrogen and oxygen atoms in total. The number of hydrogen-bond acceptors (Lipinski definition) is 5. The Morgan fingerprint density at radius 1 is 1.17 bits per heavy atom. The smallest absolute Gasteiger partial charge is 0.248 e. The maximum atomic E-state index is 11.8. The molecule has 0 unspecified atom stereocenters. The Bertz CT molecular complexity index is 1180. The zero-order valence-electron chi connectivity index (χ0n) is 16.7. The van der Waals surface area contributed by atoms with Gasteiger partial charge in [-0.15, -0.1) is 0 Å². The van der Waals surface area contributed by atoms with Gasteiger partial charge in [-0.05, 0) is 43.2 Å². The molecule has 2 aromatic carbocycles. The van der Waals surface area contributed by atoms with Gasteiger partial charge in [0.1, 0.15) is 5.69 Å². The number of nitrogens with zero attached hydrogens (tertiary/aromatic N) is 4. The second-order valence-electron chi connectivity index (χ2n) is 7.85. The first-order valence-electron chi connectivity index (χ1n) is 10.3. The van der Waals surface area contributed by atoms with Gasteiger partial charge in [0.25, 0.3) is 0 Å². The number of rotatable bonds is 5. The molecule has 1 fully saturated rings. The largest absolute Gasteiger partial charge is 0.366 e. The van der Waals surface area contributed by atoms with Crippen molar-refractivity contribution < 1.29 is 4.79 Å². The Labute approximate surface area is 173 Å². The number of nitrogens with two attached hydrogens (primary N) is 2. The van der Waals surface area contributed by atoms with Gasteiger partial charge in [-0.1, -0.05) is 12.1 Å². The third kappa shape index (κ3) is 3.24. The summed E-state index contributed by atoms with van der Waals surface area (Å²) in [6, 6.07) is 13.7. The molecule has 1 saturated heterocycles. The predicted octanol–water partition coefficient (Wildman–Crippen LogP) is 2.27. The van der Waals surface area contributed by atoms with Crippen LogP contribution in [-0.2, 0) is 0 Å². The molecule has 0 aliphatic carbocycles. The minimum atomic E-state index is -0.449. The number of amides is 1. The predicted molar refractivity (Wildman–Crippen MR) is 117 cm³/mol. The van der Waals surface area contributed by atoms with E-state index < -0.39 is 5.91 Å². The molecule has 154 valence electrons. The van der Waals surface area contributed by atoms with Crippen LogP contribution in [0.15, 0.2) is 42.5 Å². The molecule has 0 bridgehead atoms. The van der Waals surface area contributed by atoms with Crippen molar-refractivity contribution in [3.8, 4) is 11.5 Å². The van der Waals surface area contributed by atoms with Crippen LogP contribution in [-0.4, -0.2) is 56.7 Å². The summed E-state index contributed by atoms with van der Waals surface area (Å²) in [6.07, 6.45) is 2.02. The van der Waals surface area contributed by atoms with Crippen molar-refractivity contribution in [1.82, 2.24) is 24.6 Å². The Morgan fingerprint density at radius 3 is 2.70 bits per heavy atom. The topological polar surface area (TPSA) is 119 Å². The molecule has 8 heteroatoms. The molecular formula is C22H25N7O. The fourth-order valence-corrected chi connectivity index (χ4v) is 4.38. The SMILES string of the molecule is NCCN1CCC(n2nc(-c3nc4ccccc4[nH]3)c3cc(C(N)=O)ccc32)CC1. The number of para-hydroxylation sites is 2. The Morgan fingerprint density at radius 2 is 1.97 bits per heavy atom. The minimum absolute atomic E-state index is 0.291. The molecule has 4 aromatic rings. The number of benzene rings is 2. The first-order valence-corrected chi connectivity index (χ1v) is 10.3. The summed E-state index contributed by atoms with van der Waals surface area (Å²) in [6.45, 7) is 3.62. The number of aromatic nitrogens is 4. The molecule has 0 radical (unpaired) electrons. The third-order valence-corrected chi connectivity index (χ3v) is 5.95. The van der Waals surface area contributed by atoms with E-state index in [2.05, 4.69) is 14.6 Å². The number of H-pyrrole nitrogens is 1. The minimum Gasteiger partial charge on any atom is -0.366 e. The van der Waals surface area contributed by atoms with Gasteiger partial charge >= 0.3 is 0 Å². The van der Waals surface area contributed by atoms with Gasteiger partial charge in [0.2, 0.25) is 5.91 Å². The number of piperidine rings is 1. The van der Waals surface area contributed by atoms with Crippen molar-refractivity contribution in [1.29, 1.82) is 0 Å². The van der Waals surface area contributed by atoms with Crippen molar-refractivity contribution >= 4 is 27.8 Å². The molecule has 0 atom stereocenters. The zero-order chi connectivity index (χ0) is 20.7. The Kier molecular flexibility index (Phi) is 4.72. The fourth-order valence-electron chi connectivity index (χ4n) is 4.38. The maximum Gasteiger partial charge on any atom is 0.248 e. The highest BCUT2D eigenvalue weighted by Crippen LogP contribution is 2.33. The number of nitrogens with one attached hydrogen (secondary N) is 1. The number of fused-ring (bicyclic) bond motifs is 2. The molecule has 1 amide bonds. The summed E-state index contributed by atoms with van der Waals surface area (Å²) in [5.41, 5.74) is 15.3. The number of likely N-dealkylation sites (tertiary alicyclic amines) is 1. The van der Waals surface area contributed by atoms with Crippen LogP contribution in [0.5, 0.6) is 0 Å². The van der Waals surface area contributed by atoms with E-state index in [9.17, 15) is 4.79 Å². The van der Waals surface area contributed by atoms with Crippen LogP contribution in [0.1, 0.15) is 29.2 Å². The van der Waals surface area contributed by atoms with Gasteiger partial charge < -0.3 is 21.4 Å². The fraction of sp³-hybridized carbons (Fsp3) is 0.318. The molecule has 0 spiro atoms. The number of carbonyl (C=O) groups excluding carboxylic acids is 1. The van der Waals surface area contributed by atoms with Crippen molar-refractivity contribution in [3.05, 3.63) is 48.0 Å². The number of primary amides is 1. The number of imidazole rings is 1. The van der Waals surface area contributed by atoms with Gasteiger partial charge in [-0.3, -0.25) is 9.48 Å². The quantitative estimate of drug-likeness (QED) is 0.472. The lowest BCUT2D eigenvalue weighted by atomic mass is 10.0. The van der Waals surface area contributed by atoms with E-state index in [1.165, 1.54) is 0 Å². The summed E-state index contributed by atoms with van der Waals surface area (Å²) in [5.74, 6) is 0.248. The summed E-state index contributed by atoms with van der Waals surface area (Å²) >= 11 is 0. The van der Waals surface area contributed by atoms with Crippen molar-refractivity contribution in [3.63, 3.8) is 0 Å². The van der Waals surface area contributed by atoms with Crippen LogP contribution >= 0.6 is 0 Å². The second kappa shape index (κ2) is 7.55. The summed E-state index contributed by atoms with van der Waals surface area (Å²) < 4.78 is 2.10. The van der Waals surface area contributed by atoms with E-state index >= 15 is 0 Å². The average Bonchev–Trinajstić information content (AvgIpc) is 3.35. The normalized spacial score (nSPS) is 15.9. The van der Waals surface area contributed by atoms with Gasteiger partial charge in [0.15, 0.2) is 5.82 Å². The Balaban J connectivity index is 1.61. The number of hydrogen-bond donors (Lipinski definition) is 3. The van der Waals surface area contributed by atoms with Crippen LogP contribution in [0.3, 0.4) is 0 Å². The molecule has 1 aliphatic heterocycles. The highest BCUT2D eigenvalue weighted by Gasteiger charge is 2.25. The van der Waals surface area contributed by atoms with Gasteiger partial charge in [-0.2, -0.15) is 5.10 Å². The molecule has 30 heavy (non-hydrogen) atoms. The zero-order valence-corrected chi connectivity index (χ0v) is 16.7. The molecule has 5 N–H and O–H groups in total. The van der Waals surface area contributed by atoms with Crippen LogP contribution in [0.25, 0.3) is 33.5 Å². The van der Waals surface area contributed by atoms with Crippen LogP contribution < -0.4 is 11.5 Å². The lowest BCUT2D eigenvalue weighted by Crippen LogP contribution is -2.37. The highest BCUT2D eigenvalue weighted by atomic mass is 16.1. The molecule has 5 rings (SSSR count). The Hall–Kier alpha value is -3.23. The molecular weight excluding hydrogens is 378 g/mol. The lowest BCUT2D eigenvalue weighted by Gasteiger charge is -2.32. The van der Waals surface area contributed by atoms with Crippen LogP contribution in [0, 0.1) is 0 Å². The van der Waals surface area contributed by atoms with Crippen molar-refractivity contribution in [2.75, 3.05) is 26.2 Å². The molecule has 0 saturated carbocycles.